The summed E-state index contributed by atoms with van der Waals surface area (Å²) in [7, 11) is 0. The summed E-state index contributed by atoms with van der Waals surface area (Å²) < 4.78 is 5.85. The van der Waals surface area contributed by atoms with Crippen molar-refractivity contribution in [2.45, 2.75) is 13.5 Å². The van der Waals surface area contributed by atoms with E-state index in [1.807, 2.05) is 42.5 Å². The van der Waals surface area contributed by atoms with Gasteiger partial charge in [-0.1, -0.05) is 71.8 Å². The fourth-order valence-electron chi connectivity index (χ4n) is 2.29. The molecule has 0 bridgehead atoms. The van der Waals surface area contributed by atoms with E-state index in [9.17, 15) is 0 Å². The van der Waals surface area contributed by atoms with Gasteiger partial charge in [-0.25, -0.2) is 0 Å². The molecule has 0 saturated carbocycles. The number of halogens is 1. The molecule has 0 aromatic heterocycles. The third-order valence-electron chi connectivity index (χ3n) is 3.30. The normalized spacial score (nSPS) is 10.7. The lowest BCUT2D eigenvalue weighted by Crippen LogP contribution is -1.96. The van der Waals surface area contributed by atoms with Gasteiger partial charge < -0.3 is 4.74 Å². The lowest BCUT2D eigenvalue weighted by molar-refractivity contribution is 0.307. The first-order valence-electron chi connectivity index (χ1n) is 6.59. The molecule has 0 radical (unpaired) electrons. The zero-order valence-corrected chi connectivity index (χ0v) is 12.0. The Morgan fingerprint density at radius 3 is 2.65 bits per heavy atom. The molecule has 0 aliphatic carbocycles. The largest absolute Gasteiger partial charge is 0.487 e. The minimum Gasteiger partial charge on any atom is -0.487 e. The van der Waals surface area contributed by atoms with Crippen molar-refractivity contribution < 1.29 is 4.74 Å². The molecule has 0 heterocycles. The van der Waals surface area contributed by atoms with Gasteiger partial charge in [0.15, 0.2) is 0 Å². The van der Waals surface area contributed by atoms with E-state index in [2.05, 4.69) is 25.1 Å². The fraction of sp³-hybridized carbons (Fsp3) is 0.111. The summed E-state index contributed by atoms with van der Waals surface area (Å²) in [6, 6.07) is 20.3. The Hall–Kier alpha value is -1.99. The minimum atomic E-state index is 0.528. The van der Waals surface area contributed by atoms with Gasteiger partial charge in [-0.05, 0) is 23.9 Å². The lowest BCUT2D eigenvalue weighted by Gasteiger charge is -2.10. The van der Waals surface area contributed by atoms with Crippen molar-refractivity contribution in [1.29, 1.82) is 0 Å². The first-order valence-corrected chi connectivity index (χ1v) is 6.97. The van der Waals surface area contributed by atoms with Crippen molar-refractivity contribution in [3.8, 4) is 5.75 Å². The quantitative estimate of drug-likeness (QED) is 0.626. The average Bonchev–Trinajstić information content (AvgIpc) is 2.47. The van der Waals surface area contributed by atoms with E-state index in [1.54, 1.807) is 0 Å². The van der Waals surface area contributed by atoms with Gasteiger partial charge in [0.2, 0.25) is 0 Å². The van der Waals surface area contributed by atoms with Crippen LogP contribution >= 0.6 is 11.6 Å². The highest BCUT2D eigenvalue weighted by molar-refractivity contribution is 6.37. The molecule has 20 heavy (non-hydrogen) atoms. The lowest BCUT2D eigenvalue weighted by atomic mass is 10.1. The van der Waals surface area contributed by atoms with Crippen molar-refractivity contribution in [1.82, 2.24) is 0 Å². The van der Waals surface area contributed by atoms with Gasteiger partial charge in [-0.3, -0.25) is 0 Å². The third kappa shape index (κ3) is 2.63. The fourth-order valence-corrected chi connectivity index (χ4v) is 2.58. The van der Waals surface area contributed by atoms with Crippen LogP contribution in [0.5, 0.6) is 5.75 Å². The summed E-state index contributed by atoms with van der Waals surface area (Å²) in [6.07, 6.45) is 0. The van der Waals surface area contributed by atoms with Crippen molar-refractivity contribution in [2.75, 3.05) is 0 Å². The minimum absolute atomic E-state index is 0.528. The second kappa shape index (κ2) is 5.56. The summed E-state index contributed by atoms with van der Waals surface area (Å²) in [5, 5.41) is 2.83. The Kier molecular flexibility index (Phi) is 3.62. The molecular formula is C18H15ClO. The van der Waals surface area contributed by atoms with Crippen LogP contribution in [0, 0.1) is 6.92 Å². The molecule has 1 nitrogen and oxygen atoms in total. The zero-order valence-electron chi connectivity index (χ0n) is 11.3. The molecule has 3 aromatic carbocycles. The highest BCUT2D eigenvalue weighted by Crippen LogP contribution is 2.33. The number of benzene rings is 3. The molecule has 0 unspecified atom stereocenters. The summed E-state index contributed by atoms with van der Waals surface area (Å²) in [5.41, 5.74) is 2.38. The number of hydrogen-bond acceptors (Lipinski definition) is 1. The molecule has 0 fully saturated rings. The zero-order chi connectivity index (χ0) is 13.9. The highest BCUT2D eigenvalue weighted by Gasteiger charge is 2.06. The second-order valence-electron chi connectivity index (χ2n) is 4.88. The van der Waals surface area contributed by atoms with Gasteiger partial charge in [0, 0.05) is 5.39 Å². The Bertz CT molecular complexity index is 749. The van der Waals surface area contributed by atoms with Crippen LogP contribution in [0.15, 0.2) is 60.7 Å². The molecule has 100 valence electrons. The summed E-state index contributed by atoms with van der Waals surface area (Å²) in [5.74, 6) is 0.729. The highest BCUT2D eigenvalue weighted by atomic mass is 35.5. The van der Waals surface area contributed by atoms with Crippen LogP contribution in [-0.2, 0) is 6.61 Å². The maximum atomic E-state index is 6.41. The van der Waals surface area contributed by atoms with Gasteiger partial charge in [0.05, 0.1) is 5.02 Å². The summed E-state index contributed by atoms with van der Waals surface area (Å²) >= 11 is 6.41. The summed E-state index contributed by atoms with van der Waals surface area (Å²) in [6.45, 7) is 2.60. The first-order chi connectivity index (χ1) is 9.74. The Morgan fingerprint density at radius 1 is 0.950 bits per heavy atom. The van der Waals surface area contributed by atoms with Crippen molar-refractivity contribution in [3.63, 3.8) is 0 Å². The number of ether oxygens (including phenoxy) is 1. The van der Waals surface area contributed by atoms with Gasteiger partial charge in [-0.2, -0.15) is 0 Å². The SMILES string of the molecule is Cc1cccc(COc2ccc3ccccc3c2Cl)c1. The maximum absolute atomic E-state index is 6.41. The molecule has 3 rings (SSSR count). The topological polar surface area (TPSA) is 9.23 Å². The van der Waals surface area contributed by atoms with Crippen LogP contribution < -0.4 is 4.74 Å². The monoisotopic (exact) mass is 282 g/mol. The van der Waals surface area contributed by atoms with E-state index < -0.39 is 0 Å². The predicted octanol–water partition coefficient (Wildman–Crippen LogP) is 5.38. The Labute approximate surface area is 123 Å². The first kappa shape index (κ1) is 13.0. The van der Waals surface area contributed by atoms with E-state index >= 15 is 0 Å². The number of fused-ring (bicyclic) bond motifs is 1. The summed E-state index contributed by atoms with van der Waals surface area (Å²) in [4.78, 5) is 0. The molecular weight excluding hydrogens is 268 g/mol. The van der Waals surface area contributed by atoms with Crippen molar-refractivity contribution in [2.24, 2.45) is 0 Å². The van der Waals surface area contributed by atoms with Gasteiger partial charge >= 0.3 is 0 Å². The molecule has 0 spiro atoms. The average molecular weight is 283 g/mol. The van der Waals surface area contributed by atoms with Crippen LogP contribution in [0.2, 0.25) is 5.02 Å². The van der Waals surface area contributed by atoms with Crippen LogP contribution in [-0.4, -0.2) is 0 Å². The maximum Gasteiger partial charge on any atom is 0.139 e. The van der Waals surface area contributed by atoms with E-state index in [0.29, 0.717) is 11.6 Å². The number of rotatable bonds is 3. The van der Waals surface area contributed by atoms with Crippen LogP contribution in [0.4, 0.5) is 0 Å². The van der Waals surface area contributed by atoms with Crippen LogP contribution in [0.1, 0.15) is 11.1 Å². The Balaban J connectivity index is 1.86. The molecule has 0 N–H and O–H groups in total. The van der Waals surface area contributed by atoms with Gasteiger partial charge in [0.1, 0.15) is 12.4 Å². The van der Waals surface area contributed by atoms with E-state index in [-0.39, 0.29) is 0 Å². The second-order valence-corrected chi connectivity index (χ2v) is 5.25. The van der Waals surface area contributed by atoms with Crippen LogP contribution in [0.3, 0.4) is 0 Å². The molecule has 0 amide bonds. The van der Waals surface area contributed by atoms with Crippen molar-refractivity contribution in [3.05, 3.63) is 76.8 Å². The number of aryl methyl sites for hydroxylation is 1. The molecule has 2 heteroatoms. The smallest absolute Gasteiger partial charge is 0.139 e. The van der Waals surface area contributed by atoms with E-state index in [4.69, 9.17) is 16.3 Å². The predicted molar refractivity (Wildman–Crippen MR) is 84.5 cm³/mol. The third-order valence-corrected chi connectivity index (χ3v) is 3.69. The van der Waals surface area contributed by atoms with E-state index in [0.717, 1.165) is 22.1 Å². The molecule has 3 aromatic rings. The van der Waals surface area contributed by atoms with Gasteiger partial charge in [-0.15, -0.1) is 0 Å². The van der Waals surface area contributed by atoms with E-state index in [1.165, 1.54) is 5.56 Å². The standard InChI is InChI=1S/C18H15ClO/c1-13-5-4-6-14(11-13)12-20-17-10-9-15-7-2-3-8-16(15)18(17)19/h2-11H,12H2,1H3. The molecule has 0 atom stereocenters. The van der Waals surface area contributed by atoms with Crippen molar-refractivity contribution >= 4 is 22.4 Å². The van der Waals surface area contributed by atoms with Gasteiger partial charge in [0.25, 0.3) is 0 Å². The molecule has 0 saturated heterocycles. The Morgan fingerprint density at radius 2 is 1.80 bits per heavy atom. The van der Waals surface area contributed by atoms with Crippen LogP contribution in [0.25, 0.3) is 10.8 Å². The molecule has 0 aliphatic heterocycles. The number of hydrogen-bond donors (Lipinski definition) is 0. The molecule has 0 aliphatic rings.